The van der Waals surface area contributed by atoms with Crippen molar-refractivity contribution in [1.82, 2.24) is 9.97 Å². The van der Waals surface area contributed by atoms with E-state index in [1.165, 1.54) is 11.1 Å². The minimum Gasteiger partial charge on any atom is -0.340 e. The number of halogens is 2. The molecule has 0 bridgehead atoms. The van der Waals surface area contributed by atoms with Gasteiger partial charge >= 0.3 is 0 Å². The lowest BCUT2D eigenvalue weighted by Gasteiger charge is -2.11. The molecule has 102 valence electrons. The van der Waals surface area contributed by atoms with Crippen LogP contribution in [0.5, 0.6) is 0 Å². The van der Waals surface area contributed by atoms with Crippen LogP contribution in [-0.2, 0) is 0 Å². The summed E-state index contributed by atoms with van der Waals surface area (Å²) in [6, 6.07) is 6.15. The van der Waals surface area contributed by atoms with E-state index in [0.29, 0.717) is 0 Å². The number of rotatable bonds is 2. The first-order valence-corrected chi connectivity index (χ1v) is 8.04. The Bertz CT molecular complexity index is 777. The molecule has 1 aromatic carbocycles. The van der Waals surface area contributed by atoms with Gasteiger partial charge in [-0.25, -0.2) is 4.98 Å². The van der Waals surface area contributed by atoms with Crippen molar-refractivity contribution >= 4 is 60.6 Å². The molecule has 3 rings (SSSR count). The van der Waals surface area contributed by atoms with E-state index in [1.807, 2.05) is 11.4 Å². The summed E-state index contributed by atoms with van der Waals surface area (Å²) in [7, 11) is 0. The summed E-state index contributed by atoms with van der Waals surface area (Å²) in [5, 5.41) is 6.56. The molecule has 0 unspecified atom stereocenters. The zero-order valence-corrected chi connectivity index (χ0v) is 14.0. The standard InChI is InChI=1S/C14H11BrClN3S/c1-7-5-9(6-8(2)11(7)15)17-12-10-3-4-20-13(10)19-14(16)18-12/h3-6H,1-2H3,(H,17,18,19). The van der Waals surface area contributed by atoms with Crippen LogP contribution in [0.15, 0.2) is 28.1 Å². The van der Waals surface area contributed by atoms with E-state index in [4.69, 9.17) is 11.6 Å². The topological polar surface area (TPSA) is 37.8 Å². The number of aromatic nitrogens is 2. The summed E-state index contributed by atoms with van der Waals surface area (Å²) in [4.78, 5) is 9.39. The molecule has 0 aliphatic heterocycles. The first-order chi connectivity index (χ1) is 9.54. The van der Waals surface area contributed by atoms with Crippen molar-refractivity contribution in [1.29, 1.82) is 0 Å². The van der Waals surface area contributed by atoms with Crippen LogP contribution in [0.2, 0.25) is 5.28 Å². The Morgan fingerprint density at radius 1 is 1.20 bits per heavy atom. The monoisotopic (exact) mass is 367 g/mol. The van der Waals surface area contributed by atoms with Gasteiger partial charge < -0.3 is 5.32 Å². The molecule has 1 N–H and O–H groups in total. The molecular formula is C14H11BrClN3S. The molecule has 3 aromatic rings. The number of nitrogens with one attached hydrogen (secondary N) is 1. The smallest absolute Gasteiger partial charge is 0.225 e. The molecule has 0 spiro atoms. The van der Waals surface area contributed by atoms with Crippen LogP contribution in [-0.4, -0.2) is 9.97 Å². The number of benzene rings is 1. The average molecular weight is 369 g/mol. The van der Waals surface area contributed by atoms with Gasteiger partial charge in [0.25, 0.3) is 0 Å². The Labute approximate surface area is 134 Å². The van der Waals surface area contributed by atoms with Gasteiger partial charge in [0, 0.05) is 10.2 Å². The van der Waals surface area contributed by atoms with Crippen LogP contribution < -0.4 is 5.32 Å². The highest BCUT2D eigenvalue weighted by atomic mass is 79.9. The van der Waals surface area contributed by atoms with E-state index in [2.05, 4.69) is 57.2 Å². The summed E-state index contributed by atoms with van der Waals surface area (Å²) in [6.07, 6.45) is 0. The molecule has 0 aliphatic carbocycles. The fourth-order valence-corrected chi connectivity index (χ4v) is 3.29. The van der Waals surface area contributed by atoms with Gasteiger partial charge in [-0.15, -0.1) is 11.3 Å². The van der Waals surface area contributed by atoms with Gasteiger partial charge in [-0.05, 0) is 60.2 Å². The molecular weight excluding hydrogens is 358 g/mol. The highest BCUT2D eigenvalue weighted by Gasteiger charge is 2.09. The fraction of sp³-hybridized carbons (Fsp3) is 0.143. The average Bonchev–Trinajstić information content (AvgIpc) is 2.84. The van der Waals surface area contributed by atoms with Crippen molar-refractivity contribution in [2.75, 3.05) is 5.32 Å². The number of nitrogens with zero attached hydrogens (tertiary/aromatic N) is 2. The third-order valence-electron chi connectivity index (χ3n) is 3.00. The predicted octanol–water partition coefficient (Wildman–Crippen LogP) is 5.47. The molecule has 0 radical (unpaired) electrons. The fourth-order valence-electron chi connectivity index (χ4n) is 2.08. The molecule has 0 aliphatic rings. The van der Waals surface area contributed by atoms with Crippen molar-refractivity contribution in [3.05, 3.63) is 44.5 Å². The van der Waals surface area contributed by atoms with E-state index >= 15 is 0 Å². The van der Waals surface area contributed by atoms with Crippen LogP contribution in [0.4, 0.5) is 11.5 Å². The molecule has 20 heavy (non-hydrogen) atoms. The van der Waals surface area contributed by atoms with Crippen molar-refractivity contribution in [2.45, 2.75) is 13.8 Å². The van der Waals surface area contributed by atoms with E-state index < -0.39 is 0 Å². The molecule has 0 saturated carbocycles. The van der Waals surface area contributed by atoms with Crippen molar-refractivity contribution in [3.8, 4) is 0 Å². The third kappa shape index (κ3) is 2.53. The number of hydrogen-bond donors (Lipinski definition) is 1. The SMILES string of the molecule is Cc1cc(Nc2nc(Cl)nc3sccc23)cc(C)c1Br. The predicted molar refractivity (Wildman–Crippen MR) is 89.3 cm³/mol. The summed E-state index contributed by atoms with van der Waals surface area (Å²) in [5.41, 5.74) is 3.34. The minimum absolute atomic E-state index is 0.257. The molecule has 2 heterocycles. The Kier molecular flexibility index (Phi) is 3.67. The van der Waals surface area contributed by atoms with Gasteiger partial charge in [-0.3, -0.25) is 0 Å². The lowest BCUT2D eigenvalue weighted by atomic mass is 10.1. The second kappa shape index (κ2) is 5.31. The zero-order valence-electron chi connectivity index (χ0n) is 10.9. The third-order valence-corrected chi connectivity index (χ3v) is 5.22. The second-order valence-electron chi connectivity index (χ2n) is 4.53. The zero-order chi connectivity index (χ0) is 14.3. The van der Waals surface area contributed by atoms with Crippen LogP contribution in [0, 0.1) is 13.8 Å². The van der Waals surface area contributed by atoms with Gasteiger partial charge in [0.05, 0.1) is 5.39 Å². The lowest BCUT2D eigenvalue weighted by molar-refractivity contribution is 1.22. The van der Waals surface area contributed by atoms with Crippen LogP contribution in [0.3, 0.4) is 0 Å². The first kappa shape index (κ1) is 13.8. The minimum atomic E-state index is 0.257. The highest BCUT2D eigenvalue weighted by molar-refractivity contribution is 9.10. The number of aryl methyl sites for hydroxylation is 2. The summed E-state index contributed by atoms with van der Waals surface area (Å²) >= 11 is 11.1. The van der Waals surface area contributed by atoms with Gasteiger partial charge in [0.1, 0.15) is 10.6 Å². The maximum Gasteiger partial charge on any atom is 0.225 e. The Morgan fingerprint density at radius 3 is 2.60 bits per heavy atom. The molecule has 3 nitrogen and oxygen atoms in total. The summed E-state index contributed by atoms with van der Waals surface area (Å²) < 4.78 is 1.13. The van der Waals surface area contributed by atoms with E-state index in [1.54, 1.807) is 11.3 Å². The molecule has 0 fully saturated rings. The number of hydrogen-bond acceptors (Lipinski definition) is 4. The molecule has 2 aromatic heterocycles. The van der Waals surface area contributed by atoms with Crippen molar-refractivity contribution in [2.24, 2.45) is 0 Å². The normalized spacial score (nSPS) is 11.0. The first-order valence-electron chi connectivity index (χ1n) is 5.99. The van der Waals surface area contributed by atoms with Crippen molar-refractivity contribution in [3.63, 3.8) is 0 Å². The molecule has 0 atom stereocenters. The summed E-state index contributed by atoms with van der Waals surface area (Å²) in [5.74, 6) is 0.738. The Balaban J connectivity index is 2.07. The maximum atomic E-state index is 5.97. The second-order valence-corrected chi connectivity index (χ2v) is 6.56. The quantitative estimate of drug-likeness (QED) is 0.610. The van der Waals surface area contributed by atoms with Gasteiger partial charge in [-0.1, -0.05) is 15.9 Å². The van der Waals surface area contributed by atoms with Crippen LogP contribution >= 0.6 is 38.9 Å². The molecule has 0 saturated heterocycles. The number of fused-ring (bicyclic) bond motifs is 1. The van der Waals surface area contributed by atoms with Crippen LogP contribution in [0.25, 0.3) is 10.2 Å². The highest BCUT2D eigenvalue weighted by Crippen LogP contribution is 2.31. The van der Waals surface area contributed by atoms with E-state index in [0.717, 1.165) is 26.2 Å². The van der Waals surface area contributed by atoms with Crippen molar-refractivity contribution < 1.29 is 0 Å². The molecule has 6 heteroatoms. The largest absolute Gasteiger partial charge is 0.340 e. The number of anilines is 2. The van der Waals surface area contributed by atoms with E-state index in [9.17, 15) is 0 Å². The van der Waals surface area contributed by atoms with Gasteiger partial charge in [-0.2, -0.15) is 4.98 Å². The molecule has 0 amide bonds. The Hall–Kier alpha value is -1.17. The number of thiophene rings is 1. The summed E-state index contributed by atoms with van der Waals surface area (Å²) in [6.45, 7) is 4.13. The maximum absolute atomic E-state index is 5.97. The van der Waals surface area contributed by atoms with E-state index in [-0.39, 0.29) is 5.28 Å². The Morgan fingerprint density at radius 2 is 1.90 bits per heavy atom. The lowest BCUT2D eigenvalue weighted by Crippen LogP contribution is -1.97. The van der Waals surface area contributed by atoms with Crippen LogP contribution in [0.1, 0.15) is 11.1 Å². The van der Waals surface area contributed by atoms with Gasteiger partial charge in [0.15, 0.2) is 0 Å². The van der Waals surface area contributed by atoms with Gasteiger partial charge in [0.2, 0.25) is 5.28 Å².